The lowest BCUT2D eigenvalue weighted by atomic mass is 9.66. The van der Waals surface area contributed by atoms with Crippen molar-refractivity contribution >= 4 is 5.97 Å². The van der Waals surface area contributed by atoms with E-state index >= 15 is 0 Å². The molecule has 3 rings (SSSR count). The smallest absolute Gasteiger partial charge is 0.313 e. The van der Waals surface area contributed by atoms with E-state index in [2.05, 4.69) is 81.1 Å². The molecule has 1 aliphatic heterocycles. The lowest BCUT2D eigenvalue weighted by Gasteiger charge is -2.36. The maximum absolute atomic E-state index is 13.2. The van der Waals surface area contributed by atoms with Crippen molar-refractivity contribution in [1.29, 1.82) is 0 Å². The van der Waals surface area contributed by atoms with Crippen LogP contribution in [0, 0.1) is 16.7 Å². The Morgan fingerprint density at radius 3 is 2.18 bits per heavy atom. The summed E-state index contributed by atoms with van der Waals surface area (Å²) in [6.45, 7) is 10.4. The van der Waals surface area contributed by atoms with Crippen LogP contribution in [0.1, 0.15) is 51.3 Å². The summed E-state index contributed by atoms with van der Waals surface area (Å²) in [7, 11) is 1.52. The zero-order chi connectivity index (χ0) is 20.4. The van der Waals surface area contributed by atoms with E-state index in [0.717, 1.165) is 13.0 Å². The molecule has 1 fully saturated rings. The fraction of sp³-hybridized carbons (Fsp3) is 0.480. The van der Waals surface area contributed by atoms with Crippen LogP contribution in [-0.4, -0.2) is 24.5 Å². The fourth-order valence-corrected chi connectivity index (χ4v) is 5.03. The van der Waals surface area contributed by atoms with Gasteiger partial charge in [-0.05, 0) is 28.9 Å². The van der Waals surface area contributed by atoms with E-state index in [0.29, 0.717) is 6.54 Å². The van der Waals surface area contributed by atoms with Gasteiger partial charge in [-0.2, -0.15) is 0 Å². The first-order chi connectivity index (χ1) is 13.3. The van der Waals surface area contributed by atoms with Gasteiger partial charge in [-0.25, -0.2) is 0 Å². The number of hydrogen-bond acceptors (Lipinski definition) is 3. The highest BCUT2D eigenvalue weighted by Crippen LogP contribution is 2.54. The molecule has 1 aliphatic rings. The minimum absolute atomic E-state index is 0.0342. The van der Waals surface area contributed by atoms with Crippen molar-refractivity contribution in [2.75, 3.05) is 13.7 Å². The van der Waals surface area contributed by atoms with Gasteiger partial charge in [0.25, 0.3) is 0 Å². The summed E-state index contributed by atoms with van der Waals surface area (Å²) < 4.78 is 5.37. The van der Waals surface area contributed by atoms with Crippen LogP contribution < -0.4 is 0 Å². The molecule has 0 spiro atoms. The minimum Gasteiger partial charge on any atom is -0.469 e. The number of carbonyl (C=O) groups is 1. The highest BCUT2D eigenvalue weighted by Gasteiger charge is 2.57. The highest BCUT2D eigenvalue weighted by atomic mass is 16.5. The number of carbonyl (C=O) groups excluding carboxylic acids is 1. The van der Waals surface area contributed by atoms with Crippen LogP contribution in [-0.2, 0) is 16.1 Å². The Bertz CT molecular complexity index is 781. The summed E-state index contributed by atoms with van der Waals surface area (Å²) in [5, 5.41) is 0. The maximum atomic E-state index is 13.2. The molecule has 0 bridgehead atoms. The van der Waals surface area contributed by atoms with E-state index < -0.39 is 5.41 Å². The molecule has 1 saturated heterocycles. The molecular formula is C25H33NO2. The molecule has 2 aromatic carbocycles. The molecule has 0 aliphatic carbocycles. The van der Waals surface area contributed by atoms with Gasteiger partial charge in [-0.1, -0.05) is 88.4 Å². The van der Waals surface area contributed by atoms with Gasteiger partial charge in [-0.3, -0.25) is 9.69 Å². The molecule has 1 heterocycles. The molecule has 2 aromatic rings. The van der Waals surface area contributed by atoms with Crippen molar-refractivity contribution in [3.05, 3.63) is 71.8 Å². The standard InChI is InChI=1S/C25H33NO2/c1-19-22(21-14-10-7-11-15-21)26(16-20-12-8-6-9-13-20)18-25(19,23(27)28-5)17-24(2,3)4/h6-15,19,22H,16-18H2,1-5H3/t19-,22+,25-/m1/s1. The molecule has 0 unspecified atom stereocenters. The number of hydrogen-bond donors (Lipinski definition) is 0. The lowest BCUT2D eigenvalue weighted by Crippen LogP contribution is -2.42. The van der Waals surface area contributed by atoms with E-state index in [4.69, 9.17) is 4.74 Å². The predicted octanol–water partition coefficient (Wildman–Crippen LogP) is 5.48. The summed E-state index contributed by atoms with van der Waals surface area (Å²) in [6.07, 6.45) is 0.808. The predicted molar refractivity (Wildman–Crippen MR) is 114 cm³/mol. The summed E-state index contributed by atoms with van der Waals surface area (Å²) in [5.41, 5.74) is 2.06. The van der Waals surface area contributed by atoms with Crippen LogP contribution in [0.15, 0.2) is 60.7 Å². The first-order valence-electron chi connectivity index (χ1n) is 10.2. The Morgan fingerprint density at radius 2 is 1.64 bits per heavy atom. The van der Waals surface area contributed by atoms with Gasteiger partial charge in [0.05, 0.1) is 12.5 Å². The number of rotatable bonds is 5. The first-order valence-corrected chi connectivity index (χ1v) is 10.2. The Morgan fingerprint density at radius 1 is 1.07 bits per heavy atom. The average molecular weight is 380 g/mol. The molecule has 3 heteroatoms. The lowest BCUT2D eigenvalue weighted by molar-refractivity contribution is -0.156. The molecule has 0 amide bonds. The van der Waals surface area contributed by atoms with Gasteiger partial charge in [0.15, 0.2) is 0 Å². The SMILES string of the molecule is COC(=O)[C@]1(CC(C)(C)C)CN(Cc2ccccc2)[C@H](c2ccccc2)[C@H]1C. The van der Waals surface area contributed by atoms with Crippen molar-refractivity contribution in [3.8, 4) is 0 Å². The largest absolute Gasteiger partial charge is 0.469 e. The first kappa shape index (κ1) is 20.6. The Hall–Kier alpha value is -2.13. The third-order valence-electron chi connectivity index (χ3n) is 6.03. The van der Waals surface area contributed by atoms with Gasteiger partial charge in [0.2, 0.25) is 0 Å². The van der Waals surface area contributed by atoms with Crippen molar-refractivity contribution in [3.63, 3.8) is 0 Å². The fourth-order valence-electron chi connectivity index (χ4n) is 5.03. The van der Waals surface area contributed by atoms with Gasteiger partial charge >= 0.3 is 5.97 Å². The van der Waals surface area contributed by atoms with Crippen LogP contribution in [0.3, 0.4) is 0 Å². The molecule has 0 aromatic heterocycles. The third kappa shape index (κ3) is 4.15. The zero-order valence-electron chi connectivity index (χ0n) is 17.8. The maximum Gasteiger partial charge on any atom is 0.313 e. The Kier molecular flexibility index (Phi) is 5.95. The molecule has 3 nitrogen and oxygen atoms in total. The van der Waals surface area contributed by atoms with Gasteiger partial charge < -0.3 is 4.74 Å². The van der Waals surface area contributed by atoms with Crippen LogP contribution in [0.25, 0.3) is 0 Å². The van der Waals surface area contributed by atoms with Crippen LogP contribution in [0.2, 0.25) is 0 Å². The van der Waals surface area contributed by atoms with Crippen LogP contribution in [0.4, 0.5) is 0 Å². The number of esters is 1. The number of benzene rings is 2. The second-order valence-electron chi connectivity index (χ2n) is 9.42. The molecule has 150 valence electrons. The van der Waals surface area contributed by atoms with Crippen molar-refractivity contribution in [2.24, 2.45) is 16.7 Å². The van der Waals surface area contributed by atoms with Gasteiger partial charge in [0, 0.05) is 19.1 Å². The number of likely N-dealkylation sites (tertiary alicyclic amines) is 1. The van der Waals surface area contributed by atoms with Gasteiger partial charge in [0.1, 0.15) is 0 Å². The minimum atomic E-state index is -0.512. The van der Waals surface area contributed by atoms with Crippen molar-refractivity contribution < 1.29 is 9.53 Å². The van der Waals surface area contributed by atoms with Gasteiger partial charge in [-0.15, -0.1) is 0 Å². The monoisotopic (exact) mass is 379 g/mol. The summed E-state index contributed by atoms with van der Waals surface area (Å²) in [4.78, 5) is 15.6. The molecular weight excluding hydrogens is 346 g/mol. The number of nitrogens with zero attached hydrogens (tertiary/aromatic N) is 1. The Balaban J connectivity index is 2.04. The summed E-state index contributed by atoms with van der Waals surface area (Å²) >= 11 is 0. The number of methoxy groups -OCH3 is 1. The molecule has 0 radical (unpaired) electrons. The number of ether oxygens (including phenoxy) is 1. The van der Waals surface area contributed by atoms with Crippen molar-refractivity contribution in [1.82, 2.24) is 4.90 Å². The zero-order valence-corrected chi connectivity index (χ0v) is 17.8. The summed E-state index contributed by atoms with van der Waals surface area (Å²) in [5.74, 6) is 0.0803. The van der Waals surface area contributed by atoms with Crippen molar-refractivity contribution in [2.45, 2.75) is 46.7 Å². The Labute approximate surface area is 169 Å². The second kappa shape index (κ2) is 8.08. The van der Waals surface area contributed by atoms with E-state index in [1.54, 1.807) is 0 Å². The van der Waals surface area contributed by atoms with E-state index in [-0.39, 0.29) is 23.3 Å². The topological polar surface area (TPSA) is 29.5 Å². The van der Waals surface area contributed by atoms with E-state index in [1.807, 2.05) is 12.1 Å². The normalized spacial score (nSPS) is 25.6. The molecule has 28 heavy (non-hydrogen) atoms. The molecule has 0 saturated carbocycles. The highest BCUT2D eigenvalue weighted by molar-refractivity contribution is 5.78. The molecule has 3 atom stereocenters. The second-order valence-corrected chi connectivity index (χ2v) is 9.42. The molecule has 0 N–H and O–H groups in total. The van der Waals surface area contributed by atoms with E-state index in [9.17, 15) is 4.79 Å². The summed E-state index contributed by atoms with van der Waals surface area (Å²) in [6, 6.07) is 21.3. The quantitative estimate of drug-likeness (QED) is 0.645. The third-order valence-corrected chi connectivity index (χ3v) is 6.03. The average Bonchev–Trinajstić information content (AvgIpc) is 2.93. The van der Waals surface area contributed by atoms with Crippen LogP contribution >= 0.6 is 0 Å². The van der Waals surface area contributed by atoms with Crippen LogP contribution in [0.5, 0.6) is 0 Å². The van der Waals surface area contributed by atoms with E-state index in [1.165, 1.54) is 18.2 Å².